The van der Waals surface area contributed by atoms with Crippen molar-refractivity contribution in [3.05, 3.63) is 41.5 Å². The highest BCUT2D eigenvalue weighted by Crippen LogP contribution is 2.46. The molecular weight excluding hydrogens is 408 g/mol. The highest BCUT2D eigenvalue weighted by molar-refractivity contribution is 5.94. The van der Waals surface area contributed by atoms with Gasteiger partial charge in [0.05, 0.1) is 25.2 Å². The van der Waals surface area contributed by atoms with Crippen molar-refractivity contribution in [3.8, 4) is 28.4 Å². The third-order valence-corrected chi connectivity index (χ3v) is 4.83. The molecule has 2 N–H and O–H groups in total. The zero-order chi connectivity index (χ0) is 22.8. The molecule has 0 atom stereocenters. The first-order chi connectivity index (χ1) is 14.7. The Morgan fingerprint density at radius 2 is 1.84 bits per heavy atom. The van der Waals surface area contributed by atoms with Crippen molar-refractivity contribution in [3.63, 3.8) is 0 Å². The first-order valence-corrected chi connectivity index (χ1v) is 9.43. The summed E-state index contributed by atoms with van der Waals surface area (Å²) in [6, 6.07) is 8.42. The van der Waals surface area contributed by atoms with Gasteiger partial charge in [-0.1, -0.05) is 6.07 Å². The maximum atomic E-state index is 12.1. The molecule has 1 aliphatic rings. The van der Waals surface area contributed by atoms with Gasteiger partial charge in [-0.15, -0.1) is 0 Å². The van der Waals surface area contributed by atoms with Crippen LogP contribution in [0.25, 0.3) is 11.1 Å². The Kier molecular flexibility index (Phi) is 6.37. The number of benzene rings is 2. The minimum absolute atomic E-state index is 0.0523. The van der Waals surface area contributed by atoms with Gasteiger partial charge in [0.1, 0.15) is 13.2 Å². The number of carbonyl (C=O) groups excluding carboxylic acids is 2. The predicted octanol–water partition coefficient (Wildman–Crippen LogP) is 2.26. The summed E-state index contributed by atoms with van der Waals surface area (Å²) in [5, 5.41) is 18.8. The quantitative estimate of drug-likeness (QED) is 0.478. The fourth-order valence-corrected chi connectivity index (χ4v) is 3.18. The van der Waals surface area contributed by atoms with E-state index in [1.54, 1.807) is 44.2 Å². The summed E-state index contributed by atoms with van der Waals surface area (Å²) in [6.07, 6.45) is 0. The van der Waals surface area contributed by atoms with Gasteiger partial charge in [-0.2, -0.15) is 0 Å². The fraction of sp³-hybridized carbons (Fsp3) is 0.364. The number of carbonyl (C=O) groups is 2. The van der Waals surface area contributed by atoms with Crippen LogP contribution < -0.4 is 14.2 Å². The molecule has 0 saturated carbocycles. The van der Waals surface area contributed by atoms with Crippen LogP contribution in [-0.2, 0) is 20.9 Å². The molecule has 9 nitrogen and oxygen atoms in total. The number of ether oxygens (including phenoxy) is 5. The Labute approximate surface area is 179 Å². The summed E-state index contributed by atoms with van der Waals surface area (Å²) in [7, 11) is 2.68. The number of cyclic esters (lactones) is 1. The van der Waals surface area contributed by atoms with Gasteiger partial charge in [-0.05, 0) is 43.7 Å². The van der Waals surface area contributed by atoms with Gasteiger partial charge in [0.25, 0.3) is 0 Å². The summed E-state index contributed by atoms with van der Waals surface area (Å²) in [5.74, 6) is -0.588. The van der Waals surface area contributed by atoms with E-state index in [4.69, 9.17) is 23.7 Å². The van der Waals surface area contributed by atoms with E-state index in [2.05, 4.69) is 0 Å². The van der Waals surface area contributed by atoms with Crippen LogP contribution in [0.3, 0.4) is 0 Å². The van der Waals surface area contributed by atoms with Crippen LogP contribution in [0.4, 0.5) is 0 Å². The lowest BCUT2D eigenvalue weighted by atomic mass is 9.95. The zero-order valence-electron chi connectivity index (χ0n) is 17.6. The van der Waals surface area contributed by atoms with Gasteiger partial charge in [0.2, 0.25) is 5.75 Å². The number of esters is 2. The van der Waals surface area contributed by atoms with Gasteiger partial charge in [0, 0.05) is 11.1 Å². The molecule has 0 saturated heterocycles. The van der Waals surface area contributed by atoms with Crippen molar-refractivity contribution in [2.24, 2.45) is 5.41 Å². The van der Waals surface area contributed by atoms with E-state index in [0.29, 0.717) is 22.3 Å². The summed E-state index contributed by atoms with van der Waals surface area (Å²) >= 11 is 0. The first-order valence-electron chi connectivity index (χ1n) is 9.43. The molecular formula is C22H24O9. The highest BCUT2D eigenvalue weighted by Gasteiger charge is 2.32. The minimum Gasteiger partial charge on any atom is -0.493 e. The Hall–Kier alpha value is -3.30. The van der Waals surface area contributed by atoms with Crippen LogP contribution in [0.2, 0.25) is 0 Å². The van der Waals surface area contributed by atoms with Gasteiger partial charge in [-0.3, -0.25) is 4.79 Å². The largest absolute Gasteiger partial charge is 0.493 e. The van der Waals surface area contributed by atoms with Crippen molar-refractivity contribution in [2.45, 2.75) is 26.9 Å². The molecule has 0 unspecified atom stereocenters. The van der Waals surface area contributed by atoms with E-state index in [1.165, 1.54) is 14.2 Å². The van der Waals surface area contributed by atoms with E-state index in [1.807, 2.05) is 0 Å². The molecule has 0 aliphatic carbocycles. The average Bonchev–Trinajstić information content (AvgIpc) is 3.11. The number of aliphatic hydroxyl groups is 2. The Morgan fingerprint density at radius 1 is 1.13 bits per heavy atom. The van der Waals surface area contributed by atoms with Gasteiger partial charge in [0.15, 0.2) is 11.5 Å². The highest BCUT2D eigenvalue weighted by atomic mass is 16.7. The summed E-state index contributed by atoms with van der Waals surface area (Å²) in [5.41, 5.74) is 1.39. The fourth-order valence-electron chi connectivity index (χ4n) is 3.18. The molecule has 0 amide bonds. The molecule has 1 heterocycles. The molecule has 31 heavy (non-hydrogen) atoms. The third kappa shape index (κ3) is 4.57. The van der Waals surface area contributed by atoms with Crippen molar-refractivity contribution >= 4 is 11.9 Å². The van der Waals surface area contributed by atoms with Crippen LogP contribution >= 0.6 is 0 Å². The number of aliphatic hydroxyl groups excluding tert-OH is 1. The molecule has 9 heteroatoms. The van der Waals surface area contributed by atoms with Gasteiger partial charge >= 0.3 is 18.4 Å². The number of methoxy groups -OCH3 is 2. The standard InChI is InChI=1S/C22H24O9/c1-22(2,20(24)28-4)11-30-17-14(7-8-16(27-3)18(17)31-21(25)26)12-5-6-15-13(9-12)10-29-19(15)23/h5-9,21,25-26H,10-11H2,1-4H3. The number of hydrogen-bond donors (Lipinski definition) is 2. The molecule has 2 aromatic carbocycles. The first kappa shape index (κ1) is 22.4. The topological polar surface area (TPSA) is 121 Å². The lowest BCUT2D eigenvalue weighted by Crippen LogP contribution is -2.32. The van der Waals surface area contributed by atoms with Crippen molar-refractivity contribution in [1.82, 2.24) is 0 Å². The van der Waals surface area contributed by atoms with Crippen LogP contribution in [0, 0.1) is 5.41 Å². The molecule has 2 aromatic rings. The number of fused-ring (bicyclic) bond motifs is 1. The lowest BCUT2D eigenvalue weighted by molar-refractivity contribution is -0.181. The summed E-state index contributed by atoms with van der Waals surface area (Å²) in [6.45, 7) is 1.23. The smallest absolute Gasteiger partial charge is 0.338 e. The average molecular weight is 432 g/mol. The molecule has 0 spiro atoms. The van der Waals surface area contributed by atoms with Crippen molar-refractivity contribution in [1.29, 1.82) is 0 Å². The van der Waals surface area contributed by atoms with Crippen LogP contribution in [0.1, 0.15) is 29.8 Å². The molecule has 1 aliphatic heterocycles. The minimum atomic E-state index is -2.13. The maximum absolute atomic E-state index is 12.1. The monoisotopic (exact) mass is 432 g/mol. The molecule has 166 valence electrons. The number of rotatable bonds is 8. The van der Waals surface area contributed by atoms with Gasteiger partial charge in [-0.25, -0.2) is 4.79 Å². The van der Waals surface area contributed by atoms with Crippen LogP contribution in [-0.4, -0.2) is 49.5 Å². The van der Waals surface area contributed by atoms with E-state index in [9.17, 15) is 19.8 Å². The Balaban J connectivity index is 2.10. The van der Waals surface area contributed by atoms with Crippen LogP contribution in [0.5, 0.6) is 17.2 Å². The Bertz CT molecular complexity index is 995. The molecule has 0 fully saturated rings. The second kappa shape index (κ2) is 8.83. The van der Waals surface area contributed by atoms with Crippen molar-refractivity contribution in [2.75, 3.05) is 20.8 Å². The molecule has 0 bridgehead atoms. The third-order valence-electron chi connectivity index (χ3n) is 4.83. The second-order valence-electron chi connectivity index (χ2n) is 7.53. The Morgan fingerprint density at radius 3 is 2.48 bits per heavy atom. The van der Waals surface area contributed by atoms with Crippen molar-refractivity contribution < 1.29 is 43.5 Å². The van der Waals surface area contributed by atoms with Gasteiger partial charge < -0.3 is 33.9 Å². The summed E-state index contributed by atoms with van der Waals surface area (Å²) < 4.78 is 26.3. The maximum Gasteiger partial charge on any atom is 0.338 e. The van der Waals surface area contributed by atoms with E-state index in [-0.39, 0.29) is 36.4 Å². The van der Waals surface area contributed by atoms with E-state index < -0.39 is 17.9 Å². The zero-order valence-corrected chi connectivity index (χ0v) is 17.6. The normalized spacial score (nSPS) is 12.9. The van der Waals surface area contributed by atoms with E-state index >= 15 is 0 Å². The number of hydrogen-bond acceptors (Lipinski definition) is 9. The lowest BCUT2D eigenvalue weighted by Gasteiger charge is -2.25. The molecule has 3 rings (SSSR count). The predicted molar refractivity (Wildman–Crippen MR) is 108 cm³/mol. The van der Waals surface area contributed by atoms with Crippen LogP contribution in [0.15, 0.2) is 30.3 Å². The second-order valence-corrected chi connectivity index (χ2v) is 7.53. The summed E-state index contributed by atoms with van der Waals surface area (Å²) in [4.78, 5) is 23.8. The van der Waals surface area contributed by atoms with E-state index in [0.717, 1.165) is 0 Å². The molecule has 0 aromatic heterocycles. The SMILES string of the molecule is COC(=O)C(C)(C)COc1c(-c2ccc3c(c2)COC3=O)ccc(OC)c1OC(O)O. The molecule has 0 radical (unpaired) electrons.